The van der Waals surface area contributed by atoms with Gasteiger partial charge in [0.1, 0.15) is 0 Å². The van der Waals surface area contributed by atoms with E-state index in [0.717, 1.165) is 6.42 Å². The Hall–Kier alpha value is -2.41. The number of rotatable bonds is 8. The van der Waals surface area contributed by atoms with Gasteiger partial charge in [0.05, 0.1) is 27.1 Å². The average Bonchev–Trinajstić information content (AvgIpc) is 2.62. The predicted molar refractivity (Wildman–Crippen MR) is 98.5 cm³/mol. The number of benzene rings is 2. The Morgan fingerprint density at radius 2 is 1.65 bits per heavy atom. The number of hydrogen-bond donors (Lipinski definition) is 2. The van der Waals surface area contributed by atoms with Gasteiger partial charge in [-0.15, -0.1) is 0 Å². The number of nitrogens with one attached hydrogen (secondary N) is 2. The van der Waals surface area contributed by atoms with Crippen LogP contribution in [-0.2, 0) is 20.0 Å². The van der Waals surface area contributed by atoms with Gasteiger partial charge in [-0.2, -0.15) is 5.26 Å². The third-order valence-corrected chi connectivity index (χ3v) is 6.37. The van der Waals surface area contributed by atoms with E-state index in [0.29, 0.717) is 18.5 Å². The van der Waals surface area contributed by atoms with E-state index >= 15 is 0 Å². The highest BCUT2D eigenvalue weighted by Crippen LogP contribution is 2.20. The maximum Gasteiger partial charge on any atom is 0.261 e. The molecule has 0 bridgehead atoms. The second-order valence-electron chi connectivity index (χ2n) is 5.52. The quantitative estimate of drug-likeness (QED) is 0.668. The minimum atomic E-state index is -3.90. The van der Waals surface area contributed by atoms with Crippen LogP contribution in [0.2, 0.25) is 0 Å². The van der Waals surface area contributed by atoms with E-state index in [-0.39, 0.29) is 15.5 Å². The van der Waals surface area contributed by atoms with E-state index in [2.05, 4.69) is 9.44 Å². The lowest BCUT2D eigenvalue weighted by Gasteiger charge is -2.11. The molecule has 0 saturated heterocycles. The Kier molecular flexibility index (Phi) is 6.37. The summed E-state index contributed by atoms with van der Waals surface area (Å²) in [6.07, 6.45) is 1.57. The van der Waals surface area contributed by atoms with E-state index in [1.54, 1.807) is 0 Å². The van der Waals surface area contributed by atoms with Gasteiger partial charge >= 0.3 is 0 Å². The SMILES string of the molecule is CCCCNS(=O)(=O)c1cccc(NS(=O)(=O)c2ccc(C#N)cc2)c1. The van der Waals surface area contributed by atoms with Crippen LogP contribution in [0.5, 0.6) is 0 Å². The Balaban J connectivity index is 2.23. The Labute approximate surface area is 153 Å². The first-order valence-electron chi connectivity index (χ1n) is 7.91. The average molecular weight is 393 g/mol. The van der Waals surface area contributed by atoms with E-state index in [9.17, 15) is 16.8 Å². The molecule has 0 aliphatic rings. The van der Waals surface area contributed by atoms with Gasteiger partial charge in [-0.05, 0) is 48.9 Å². The highest BCUT2D eigenvalue weighted by Gasteiger charge is 2.17. The van der Waals surface area contributed by atoms with Crippen molar-refractivity contribution in [3.8, 4) is 6.07 Å². The summed E-state index contributed by atoms with van der Waals surface area (Å²) in [7, 11) is -7.60. The van der Waals surface area contributed by atoms with Crippen molar-refractivity contribution >= 4 is 25.7 Å². The van der Waals surface area contributed by atoms with Gasteiger partial charge in [0, 0.05) is 6.54 Å². The van der Waals surface area contributed by atoms with Crippen LogP contribution in [0.1, 0.15) is 25.3 Å². The molecule has 0 aliphatic carbocycles. The summed E-state index contributed by atoms with van der Waals surface area (Å²) < 4.78 is 54.1. The fraction of sp³-hybridized carbons (Fsp3) is 0.235. The fourth-order valence-corrected chi connectivity index (χ4v) is 4.29. The van der Waals surface area contributed by atoms with Crippen LogP contribution in [0.25, 0.3) is 0 Å². The number of unbranched alkanes of at least 4 members (excludes halogenated alkanes) is 1. The van der Waals surface area contributed by atoms with Crippen LogP contribution in [-0.4, -0.2) is 23.4 Å². The second kappa shape index (κ2) is 8.31. The molecule has 0 aromatic heterocycles. The molecule has 26 heavy (non-hydrogen) atoms. The first-order chi connectivity index (χ1) is 12.3. The zero-order chi connectivity index (χ0) is 19.2. The first-order valence-corrected chi connectivity index (χ1v) is 10.9. The van der Waals surface area contributed by atoms with Crippen LogP contribution in [0.4, 0.5) is 5.69 Å². The van der Waals surface area contributed by atoms with Gasteiger partial charge in [-0.3, -0.25) is 4.72 Å². The monoisotopic (exact) mass is 393 g/mol. The number of hydrogen-bond acceptors (Lipinski definition) is 5. The van der Waals surface area contributed by atoms with Crippen molar-refractivity contribution in [3.63, 3.8) is 0 Å². The fourth-order valence-electron chi connectivity index (χ4n) is 2.12. The van der Waals surface area contributed by atoms with Crippen LogP contribution in [0.3, 0.4) is 0 Å². The molecular formula is C17H19N3O4S2. The van der Waals surface area contributed by atoms with Crippen molar-refractivity contribution in [1.82, 2.24) is 4.72 Å². The Bertz CT molecular complexity index is 1010. The van der Waals surface area contributed by atoms with Crippen molar-refractivity contribution in [2.24, 2.45) is 0 Å². The molecule has 2 aromatic carbocycles. The Morgan fingerprint density at radius 3 is 2.27 bits per heavy atom. The predicted octanol–water partition coefficient (Wildman–Crippen LogP) is 2.44. The first kappa shape index (κ1) is 19.9. The molecule has 0 amide bonds. The number of anilines is 1. The molecule has 0 radical (unpaired) electrons. The molecule has 0 unspecified atom stereocenters. The maximum absolute atomic E-state index is 12.4. The minimum Gasteiger partial charge on any atom is -0.280 e. The number of nitrogens with zero attached hydrogens (tertiary/aromatic N) is 1. The summed E-state index contributed by atoms with van der Waals surface area (Å²) in [6.45, 7) is 2.27. The molecule has 138 valence electrons. The third-order valence-electron chi connectivity index (χ3n) is 3.51. The summed E-state index contributed by atoms with van der Waals surface area (Å²) in [5.74, 6) is 0. The normalized spacial score (nSPS) is 11.7. The lowest BCUT2D eigenvalue weighted by molar-refractivity contribution is 0.578. The van der Waals surface area contributed by atoms with Gasteiger partial charge in [0.25, 0.3) is 10.0 Å². The molecular weight excluding hydrogens is 374 g/mol. The van der Waals surface area contributed by atoms with Crippen molar-refractivity contribution in [1.29, 1.82) is 5.26 Å². The van der Waals surface area contributed by atoms with Gasteiger partial charge < -0.3 is 0 Å². The van der Waals surface area contributed by atoms with Gasteiger partial charge in [0.15, 0.2) is 0 Å². The van der Waals surface area contributed by atoms with Crippen LogP contribution in [0.15, 0.2) is 58.3 Å². The molecule has 9 heteroatoms. The molecule has 0 heterocycles. The highest BCUT2D eigenvalue weighted by atomic mass is 32.2. The third kappa shape index (κ3) is 5.05. The number of nitriles is 1. The van der Waals surface area contributed by atoms with E-state index in [1.807, 2.05) is 13.0 Å². The molecule has 0 atom stereocenters. The highest BCUT2D eigenvalue weighted by molar-refractivity contribution is 7.92. The summed E-state index contributed by atoms with van der Waals surface area (Å²) >= 11 is 0. The zero-order valence-corrected chi connectivity index (χ0v) is 15.8. The zero-order valence-electron chi connectivity index (χ0n) is 14.1. The lowest BCUT2D eigenvalue weighted by atomic mass is 10.2. The molecule has 0 spiro atoms. The largest absolute Gasteiger partial charge is 0.280 e. The van der Waals surface area contributed by atoms with Gasteiger partial charge in [-0.1, -0.05) is 19.4 Å². The van der Waals surface area contributed by atoms with E-state index in [4.69, 9.17) is 5.26 Å². The second-order valence-corrected chi connectivity index (χ2v) is 8.97. The molecule has 0 fully saturated rings. The van der Waals surface area contributed by atoms with Gasteiger partial charge in [0.2, 0.25) is 10.0 Å². The topological polar surface area (TPSA) is 116 Å². The lowest BCUT2D eigenvalue weighted by Crippen LogP contribution is -2.24. The van der Waals surface area contributed by atoms with E-state index < -0.39 is 20.0 Å². The maximum atomic E-state index is 12.4. The van der Waals surface area contributed by atoms with E-state index in [1.165, 1.54) is 48.5 Å². The smallest absolute Gasteiger partial charge is 0.261 e. The van der Waals surface area contributed by atoms with Crippen molar-refractivity contribution in [2.45, 2.75) is 29.6 Å². The molecule has 0 saturated carbocycles. The molecule has 2 N–H and O–H groups in total. The van der Waals surface area contributed by atoms with Gasteiger partial charge in [-0.25, -0.2) is 21.6 Å². The summed E-state index contributed by atoms with van der Waals surface area (Å²) in [6, 6.07) is 12.9. The van der Waals surface area contributed by atoms with Crippen LogP contribution >= 0.6 is 0 Å². The summed E-state index contributed by atoms with van der Waals surface area (Å²) in [5, 5.41) is 8.77. The van der Waals surface area contributed by atoms with Crippen LogP contribution in [0, 0.1) is 11.3 Å². The number of sulfonamides is 2. The van der Waals surface area contributed by atoms with Crippen molar-refractivity contribution < 1.29 is 16.8 Å². The summed E-state index contributed by atoms with van der Waals surface area (Å²) in [4.78, 5) is -0.0422. The van der Waals surface area contributed by atoms with Crippen LogP contribution < -0.4 is 9.44 Å². The molecule has 2 rings (SSSR count). The van der Waals surface area contributed by atoms with Crippen molar-refractivity contribution in [2.75, 3.05) is 11.3 Å². The van der Waals surface area contributed by atoms with Crippen molar-refractivity contribution in [3.05, 3.63) is 54.1 Å². The Morgan fingerprint density at radius 1 is 0.962 bits per heavy atom. The molecule has 0 aliphatic heterocycles. The molecule has 7 nitrogen and oxygen atoms in total. The molecule has 2 aromatic rings. The minimum absolute atomic E-state index is 0.0198. The summed E-state index contributed by atoms with van der Waals surface area (Å²) in [5.41, 5.74) is 0.475. The standard InChI is InChI=1S/C17H19N3O4S2/c1-2-3-11-19-25(21,22)17-6-4-5-15(12-17)20-26(23,24)16-9-7-14(13-18)8-10-16/h4-10,12,19-20H,2-3,11H2,1H3.